The van der Waals surface area contributed by atoms with Gasteiger partial charge in [0.2, 0.25) is 0 Å². The lowest BCUT2D eigenvalue weighted by atomic mass is 10.2. The van der Waals surface area contributed by atoms with E-state index in [9.17, 15) is 9.59 Å². The molecule has 23 heavy (non-hydrogen) atoms. The molecular formula is C15H15N5O2S. The van der Waals surface area contributed by atoms with Gasteiger partial charge in [-0.25, -0.2) is 9.83 Å². The van der Waals surface area contributed by atoms with Crippen LogP contribution in [0.3, 0.4) is 0 Å². The number of thiazole rings is 1. The van der Waals surface area contributed by atoms with Crippen molar-refractivity contribution in [3.8, 4) is 0 Å². The van der Waals surface area contributed by atoms with Crippen LogP contribution in [0.15, 0.2) is 29.6 Å². The first-order valence-electron chi connectivity index (χ1n) is 6.81. The van der Waals surface area contributed by atoms with Crippen LogP contribution in [0.1, 0.15) is 20.8 Å². The molecule has 0 radical (unpaired) electrons. The first-order valence-corrected chi connectivity index (χ1v) is 7.69. The van der Waals surface area contributed by atoms with E-state index in [1.54, 1.807) is 36.7 Å². The molecular weight excluding hydrogens is 314 g/mol. The van der Waals surface area contributed by atoms with E-state index >= 15 is 0 Å². The van der Waals surface area contributed by atoms with Gasteiger partial charge in [-0.3, -0.25) is 14.9 Å². The number of hydrogen-bond acceptors (Lipinski definition) is 5. The normalized spacial score (nSPS) is 9.91. The first kappa shape index (κ1) is 16.6. The minimum atomic E-state index is -0.335. The van der Waals surface area contributed by atoms with Gasteiger partial charge in [0.15, 0.2) is 10.8 Å². The maximum absolute atomic E-state index is 12.1. The number of carbonyl (C=O) groups excluding carboxylic acids is 2. The van der Waals surface area contributed by atoms with Crippen molar-refractivity contribution in [2.45, 2.75) is 0 Å². The van der Waals surface area contributed by atoms with E-state index in [1.807, 2.05) is 0 Å². The molecule has 1 aromatic carbocycles. The molecule has 2 aromatic rings. The third-order valence-corrected chi connectivity index (χ3v) is 3.63. The number of rotatable bonds is 6. The minimum absolute atomic E-state index is 0.268. The monoisotopic (exact) mass is 329 g/mol. The van der Waals surface area contributed by atoms with Crippen LogP contribution in [-0.4, -0.2) is 36.9 Å². The highest BCUT2D eigenvalue weighted by Crippen LogP contribution is 2.18. The fourth-order valence-electron chi connectivity index (χ4n) is 1.68. The zero-order valence-corrected chi connectivity index (χ0v) is 13.2. The Morgan fingerprint density at radius 2 is 1.96 bits per heavy atom. The van der Waals surface area contributed by atoms with Gasteiger partial charge in [0.05, 0.1) is 6.57 Å². The summed E-state index contributed by atoms with van der Waals surface area (Å²) < 4.78 is 0. The fraction of sp³-hybridized carbons (Fsp3) is 0.200. The van der Waals surface area contributed by atoms with E-state index in [0.717, 1.165) is 0 Å². The highest BCUT2D eigenvalue weighted by molar-refractivity contribution is 7.14. The Morgan fingerprint density at radius 1 is 1.22 bits per heavy atom. The first-order chi connectivity index (χ1) is 11.1. The molecule has 3 N–H and O–H groups in total. The molecule has 0 fully saturated rings. The number of benzene rings is 1. The number of hydrogen-bond donors (Lipinski definition) is 3. The Bertz CT molecular complexity index is 733. The highest BCUT2D eigenvalue weighted by atomic mass is 32.1. The molecule has 2 rings (SSSR count). The van der Waals surface area contributed by atoms with Gasteiger partial charge in [0, 0.05) is 24.0 Å². The van der Waals surface area contributed by atoms with Crippen LogP contribution in [0.2, 0.25) is 0 Å². The summed E-state index contributed by atoms with van der Waals surface area (Å²) in [5.74, 6) is -0.614. The molecule has 0 aliphatic heterocycles. The molecule has 7 nitrogen and oxygen atoms in total. The summed E-state index contributed by atoms with van der Waals surface area (Å²) in [5, 5.41) is 10.2. The lowest BCUT2D eigenvalue weighted by Crippen LogP contribution is -2.30. The van der Waals surface area contributed by atoms with Crippen molar-refractivity contribution in [3.63, 3.8) is 0 Å². The zero-order chi connectivity index (χ0) is 16.7. The molecule has 0 saturated carbocycles. The number of nitrogens with zero attached hydrogens (tertiary/aromatic N) is 2. The molecule has 2 amide bonds. The Morgan fingerprint density at radius 3 is 2.61 bits per heavy atom. The van der Waals surface area contributed by atoms with E-state index in [1.165, 1.54) is 11.3 Å². The van der Waals surface area contributed by atoms with Gasteiger partial charge in [0.1, 0.15) is 5.69 Å². The molecule has 0 bridgehead atoms. The van der Waals surface area contributed by atoms with Crippen LogP contribution in [-0.2, 0) is 0 Å². The van der Waals surface area contributed by atoms with Crippen LogP contribution in [0.25, 0.3) is 4.85 Å². The maximum atomic E-state index is 12.1. The van der Waals surface area contributed by atoms with E-state index < -0.39 is 0 Å². The van der Waals surface area contributed by atoms with E-state index in [-0.39, 0.29) is 17.5 Å². The number of aromatic nitrogens is 1. The largest absolute Gasteiger partial charge is 0.349 e. The molecule has 0 atom stereocenters. The molecule has 118 valence electrons. The van der Waals surface area contributed by atoms with Gasteiger partial charge < -0.3 is 10.6 Å². The van der Waals surface area contributed by atoms with Gasteiger partial charge in [-0.1, -0.05) is 24.3 Å². The Kier molecular flexibility index (Phi) is 5.80. The van der Waals surface area contributed by atoms with Crippen molar-refractivity contribution in [2.75, 3.05) is 25.5 Å². The number of anilines is 1. The minimum Gasteiger partial charge on any atom is -0.349 e. The average molecular weight is 329 g/mol. The summed E-state index contributed by atoms with van der Waals surface area (Å²) in [6.45, 7) is 8.05. The number of nitrogens with one attached hydrogen (secondary N) is 3. The number of amides is 2. The van der Waals surface area contributed by atoms with Gasteiger partial charge in [0.25, 0.3) is 11.8 Å². The van der Waals surface area contributed by atoms with E-state index in [0.29, 0.717) is 29.5 Å². The van der Waals surface area contributed by atoms with Crippen molar-refractivity contribution in [1.82, 2.24) is 15.6 Å². The van der Waals surface area contributed by atoms with Crippen molar-refractivity contribution >= 4 is 34.0 Å². The number of carbonyl (C=O) groups is 2. The lowest BCUT2D eigenvalue weighted by molar-refractivity contribution is 0.0948. The Balaban J connectivity index is 1.96. The molecule has 0 aliphatic carbocycles. The molecule has 1 aromatic heterocycles. The highest BCUT2D eigenvalue weighted by Gasteiger charge is 2.13. The third-order valence-electron chi connectivity index (χ3n) is 2.88. The summed E-state index contributed by atoms with van der Waals surface area (Å²) in [6, 6.07) is 6.29. The van der Waals surface area contributed by atoms with Crippen LogP contribution >= 0.6 is 11.3 Å². The quantitative estimate of drug-likeness (QED) is 0.558. The van der Waals surface area contributed by atoms with Crippen molar-refractivity contribution in [2.24, 2.45) is 0 Å². The Labute approximate surface area is 137 Å². The van der Waals surface area contributed by atoms with Crippen molar-refractivity contribution in [3.05, 3.63) is 52.3 Å². The molecule has 0 aliphatic rings. The van der Waals surface area contributed by atoms with Crippen LogP contribution in [0.4, 0.5) is 10.8 Å². The molecule has 0 unspecified atom stereocenters. The van der Waals surface area contributed by atoms with Gasteiger partial charge >= 0.3 is 0 Å². The predicted molar refractivity (Wildman–Crippen MR) is 89.0 cm³/mol. The molecule has 0 spiro atoms. The smallest absolute Gasteiger partial charge is 0.270 e. The number of likely N-dealkylation sites (N-methyl/N-ethyl adjacent to an activating group) is 1. The summed E-state index contributed by atoms with van der Waals surface area (Å²) >= 11 is 1.18. The van der Waals surface area contributed by atoms with Gasteiger partial charge in [-0.05, 0) is 7.05 Å². The Hall–Kier alpha value is -2.76. The van der Waals surface area contributed by atoms with E-state index in [2.05, 4.69) is 25.8 Å². The molecule has 0 saturated heterocycles. The second-order valence-electron chi connectivity index (χ2n) is 4.51. The van der Waals surface area contributed by atoms with Crippen LogP contribution in [0, 0.1) is 6.57 Å². The summed E-state index contributed by atoms with van der Waals surface area (Å²) in [5.41, 5.74) is 1.16. The predicted octanol–water partition coefficient (Wildman–Crippen LogP) is 1.90. The molecule has 8 heteroatoms. The third kappa shape index (κ3) is 4.60. The average Bonchev–Trinajstić information content (AvgIpc) is 3.03. The second kappa shape index (κ2) is 8.03. The maximum Gasteiger partial charge on any atom is 0.270 e. The SMILES string of the molecule is [C-]#[N+]c1ccc(C(=O)Nc2nc(C(=O)NCCNC)cs2)cc1. The zero-order valence-electron chi connectivity index (χ0n) is 12.4. The van der Waals surface area contributed by atoms with Crippen LogP contribution in [0.5, 0.6) is 0 Å². The molecule has 1 heterocycles. The summed E-state index contributed by atoms with van der Waals surface area (Å²) in [7, 11) is 1.80. The second-order valence-corrected chi connectivity index (χ2v) is 5.37. The van der Waals surface area contributed by atoms with E-state index in [4.69, 9.17) is 6.57 Å². The van der Waals surface area contributed by atoms with Gasteiger partial charge in [-0.2, -0.15) is 0 Å². The summed E-state index contributed by atoms with van der Waals surface area (Å²) in [6.07, 6.45) is 0. The fourth-order valence-corrected chi connectivity index (χ4v) is 2.37. The summed E-state index contributed by atoms with van der Waals surface area (Å²) in [4.78, 5) is 31.3. The lowest BCUT2D eigenvalue weighted by Gasteiger charge is -2.02. The topological polar surface area (TPSA) is 87.5 Å². The van der Waals surface area contributed by atoms with Crippen molar-refractivity contribution < 1.29 is 9.59 Å². The van der Waals surface area contributed by atoms with Crippen LogP contribution < -0.4 is 16.0 Å². The van der Waals surface area contributed by atoms with Crippen molar-refractivity contribution in [1.29, 1.82) is 0 Å². The standard InChI is InChI=1S/C15H15N5O2S/c1-16-7-8-18-14(22)12-9-23-15(19-12)20-13(21)10-3-5-11(17-2)6-4-10/h3-6,9,16H,7-8H2,1H3,(H,18,22)(H,19,20,21). The van der Waals surface area contributed by atoms with Gasteiger partial charge in [-0.15, -0.1) is 11.3 Å².